The van der Waals surface area contributed by atoms with Crippen molar-refractivity contribution < 1.29 is 19.5 Å². The van der Waals surface area contributed by atoms with Crippen molar-refractivity contribution in [2.24, 2.45) is 5.92 Å². The number of piperidine rings is 1. The van der Waals surface area contributed by atoms with Crippen LogP contribution in [0.25, 0.3) is 11.3 Å². The van der Waals surface area contributed by atoms with Crippen LogP contribution in [0.2, 0.25) is 0 Å². The zero-order valence-electron chi connectivity index (χ0n) is 15.3. The molecule has 1 aliphatic rings. The third-order valence-corrected chi connectivity index (χ3v) is 5.44. The number of carbonyl (C=O) groups is 3. The smallest absolute Gasteiger partial charge is 0.308 e. The minimum atomic E-state index is -0.881. The molecule has 1 aliphatic heterocycles. The highest BCUT2D eigenvalue weighted by Gasteiger charge is 2.29. The van der Waals surface area contributed by atoms with E-state index in [0.29, 0.717) is 25.1 Å². The summed E-state index contributed by atoms with van der Waals surface area (Å²) < 4.78 is 0. The number of aromatic nitrogens is 2. The van der Waals surface area contributed by atoms with Crippen molar-refractivity contribution in [1.29, 1.82) is 0 Å². The van der Waals surface area contributed by atoms with E-state index in [9.17, 15) is 14.4 Å². The Morgan fingerprint density at radius 2 is 2.22 bits per heavy atom. The third kappa shape index (κ3) is 4.36. The lowest BCUT2D eigenvalue weighted by atomic mass is 9.98. The Bertz CT molecular complexity index is 859. The minimum Gasteiger partial charge on any atom is -0.481 e. The summed E-state index contributed by atoms with van der Waals surface area (Å²) in [6, 6.07) is 1.72. The number of aryl methyl sites for hydroxylation is 1. The normalized spacial score (nSPS) is 17.0. The molecule has 1 saturated heterocycles. The SMILES string of the molecule is Cc1nc(-c2c[nH]c(C(=O)N(C)CC(=O)N3CCCC(C(=O)O)C3)c2)cs1. The van der Waals surface area contributed by atoms with Gasteiger partial charge in [-0.1, -0.05) is 0 Å². The van der Waals surface area contributed by atoms with Crippen LogP contribution in [0.5, 0.6) is 0 Å². The summed E-state index contributed by atoms with van der Waals surface area (Å²) in [6.07, 6.45) is 2.96. The van der Waals surface area contributed by atoms with Crippen molar-refractivity contribution in [2.75, 3.05) is 26.7 Å². The van der Waals surface area contributed by atoms with Crippen molar-refractivity contribution >= 4 is 29.1 Å². The van der Waals surface area contributed by atoms with Gasteiger partial charge in [-0.15, -0.1) is 11.3 Å². The van der Waals surface area contributed by atoms with E-state index in [1.54, 1.807) is 19.3 Å². The van der Waals surface area contributed by atoms with E-state index in [2.05, 4.69) is 9.97 Å². The fourth-order valence-electron chi connectivity index (χ4n) is 3.15. The summed E-state index contributed by atoms with van der Waals surface area (Å²) in [7, 11) is 1.56. The van der Waals surface area contributed by atoms with Gasteiger partial charge >= 0.3 is 5.97 Å². The van der Waals surface area contributed by atoms with Crippen LogP contribution in [0.3, 0.4) is 0 Å². The molecule has 0 radical (unpaired) electrons. The fourth-order valence-corrected chi connectivity index (χ4v) is 3.77. The van der Waals surface area contributed by atoms with Gasteiger partial charge in [0, 0.05) is 37.3 Å². The second kappa shape index (κ2) is 7.91. The molecule has 3 rings (SSSR count). The van der Waals surface area contributed by atoms with Gasteiger partial charge in [0.15, 0.2) is 0 Å². The van der Waals surface area contributed by atoms with Gasteiger partial charge in [-0.25, -0.2) is 4.98 Å². The molecule has 2 amide bonds. The molecule has 3 heterocycles. The van der Waals surface area contributed by atoms with Crippen LogP contribution in [0.1, 0.15) is 28.3 Å². The first-order valence-corrected chi connectivity index (χ1v) is 9.60. The molecule has 1 atom stereocenters. The van der Waals surface area contributed by atoms with Gasteiger partial charge < -0.3 is 19.9 Å². The monoisotopic (exact) mass is 390 g/mol. The van der Waals surface area contributed by atoms with Crippen LogP contribution in [0.15, 0.2) is 17.6 Å². The molecule has 2 aromatic heterocycles. The quantitative estimate of drug-likeness (QED) is 0.810. The number of thiazole rings is 1. The lowest BCUT2D eigenvalue weighted by molar-refractivity contribution is -0.145. The van der Waals surface area contributed by atoms with E-state index < -0.39 is 11.9 Å². The molecule has 0 spiro atoms. The Morgan fingerprint density at radius 3 is 2.89 bits per heavy atom. The molecule has 0 saturated carbocycles. The van der Waals surface area contributed by atoms with Crippen molar-refractivity contribution in [3.8, 4) is 11.3 Å². The number of H-pyrrole nitrogens is 1. The first kappa shape index (κ1) is 19.1. The maximum absolute atomic E-state index is 12.6. The van der Waals surface area contributed by atoms with Gasteiger partial charge in [0.1, 0.15) is 5.69 Å². The van der Waals surface area contributed by atoms with Crippen LogP contribution >= 0.6 is 11.3 Å². The summed E-state index contributed by atoms with van der Waals surface area (Å²) >= 11 is 1.54. The number of carboxylic acids is 1. The van der Waals surface area contributed by atoms with Crippen LogP contribution in [-0.4, -0.2) is 69.3 Å². The number of carboxylic acid groups (broad SMARTS) is 1. The van der Waals surface area contributed by atoms with Gasteiger partial charge in [0.05, 0.1) is 23.2 Å². The number of amides is 2. The van der Waals surface area contributed by atoms with Gasteiger partial charge in [0.2, 0.25) is 5.91 Å². The van der Waals surface area contributed by atoms with E-state index in [0.717, 1.165) is 16.3 Å². The maximum Gasteiger partial charge on any atom is 0.308 e. The second-order valence-electron chi connectivity index (χ2n) is 6.73. The Labute approximate surface area is 160 Å². The molecule has 1 unspecified atom stereocenters. The molecular weight excluding hydrogens is 368 g/mol. The van der Waals surface area contributed by atoms with Gasteiger partial charge in [-0.3, -0.25) is 14.4 Å². The Balaban J connectivity index is 1.61. The Hall–Kier alpha value is -2.68. The van der Waals surface area contributed by atoms with E-state index in [1.165, 1.54) is 21.1 Å². The van der Waals surface area contributed by atoms with Gasteiger partial charge in [-0.05, 0) is 25.8 Å². The second-order valence-corrected chi connectivity index (χ2v) is 7.79. The predicted molar refractivity (Wildman–Crippen MR) is 101 cm³/mol. The van der Waals surface area contributed by atoms with Crippen molar-refractivity contribution in [2.45, 2.75) is 19.8 Å². The molecule has 1 fully saturated rings. The highest BCUT2D eigenvalue weighted by molar-refractivity contribution is 7.09. The molecule has 8 nitrogen and oxygen atoms in total. The van der Waals surface area contributed by atoms with E-state index in [1.807, 2.05) is 12.3 Å². The largest absolute Gasteiger partial charge is 0.481 e. The summed E-state index contributed by atoms with van der Waals surface area (Å²) in [6.45, 7) is 2.56. The first-order chi connectivity index (χ1) is 12.8. The Kier molecular flexibility index (Phi) is 5.59. The zero-order valence-corrected chi connectivity index (χ0v) is 16.1. The molecule has 2 aromatic rings. The number of rotatable bonds is 5. The molecule has 0 aliphatic carbocycles. The first-order valence-electron chi connectivity index (χ1n) is 8.72. The molecule has 0 aromatic carbocycles. The van der Waals surface area contributed by atoms with Crippen molar-refractivity contribution in [1.82, 2.24) is 19.8 Å². The number of nitrogens with zero attached hydrogens (tertiary/aromatic N) is 3. The number of carbonyl (C=O) groups excluding carboxylic acids is 2. The minimum absolute atomic E-state index is 0.0880. The lowest BCUT2D eigenvalue weighted by Crippen LogP contribution is -2.46. The molecule has 0 bridgehead atoms. The zero-order chi connectivity index (χ0) is 19.6. The summed E-state index contributed by atoms with van der Waals surface area (Å²) in [5, 5.41) is 12.0. The van der Waals surface area contributed by atoms with Crippen molar-refractivity contribution in [3.05, 3.63) is 28.3 Å². The highest BCUT2D eigenvalue weighted by Crippen LogP contribution is 2.23. The molecular formula is C18H22N4O4S. The summed E-state index contributed by atoms with van der Waals surface area (Å²) in [5.41, 5.74) is 2.01. The average Bonchev–Trinajstić information content (AvgIpc) is 3.30. The number of likely N-dealkylation sites (N-methyl/N-ethyl adjacent to an activating group) is 1. The number of aliphatic carboxylic acids is 1. The molecule has 144 valence electrons. The van der Waals surface area contributed by atoms with Crippen LogP contribution < -0.4 is 0 Å². The fraction of sp³-hybridized carbons (Fsp3) is 0.444. The van der Waals surface area contributed by atoms with Crippen LogP contribution in [0.4, 0.5) is 0 Å². The van der Waals surface area contributed by atoms with Crippen LogP contribution in [-0.2, 0) is 9.59 Å². The standard InChI is InChI=1S/C18H22N4O4S/c1-11-20-15(10-27-11)13-6-14(19-7-13)17(24)21(2)9-16(23)22-5-3-4-12(8-22)18(25)26/h6-7,10,12,19H,3-5,8-9H2,1-2H3,(H,25,26). The van der Waals surface area contributed by atoms with Crippen LogP contribution in [0, 0.1) is 12.8 Å². The summed E-state index contributed by atoms with van der Waals surface area (Å²) in [4.78, 5) is 46.4. The number of likely N-dealkylation sites (tertiary alicyclic amines) is 1. The Morgan fingerprint density at radius 1 is 1.44 bits per heavy atom. The molecule has 9 heteroatoms. The number of hydrogen-bond acceptors (Lipinski definition) is 5. The third-order valence-electron chi connectivity index (χ3n) is 4.67. The maximum atomic E-state index is 12.6. The highest BCUT2D eigenvalue weighted by atomic mass is 32.1. The molecule has 2 N–H and O–H groups in total. The molecule has 27 heavy (non-hydrogen) atoms. The van der Waals surface area contributed by atoms with E-state index >= 15 is 0 Å². The van der Waals surface area contributed by atoms with E-state index in [-0.39, 0.29) is 24.9 Å². The summed E-state index contributed by atoms with van der Waals surface area (Å²) in [5.74, 6) is -1.95. The average molecular weight is 390 g/mol. The van der Waals surface area contributed by atoms with Gasteiger partial charge in [-0.2, -0.15) is 0 Å². The van der Waals surface area contributed by atoms with Crippen molar-refractivity contribution in [3.63, 3.8) is 0 Å². The predicted octanol–water partition coefficient (Wildman–Crippen LogP) is 1.84. The van der Waals surface area contributed by atoms with E-state index in [4.69, 9.17) is 5.11 Å². The number of hydrogen-bond donors (Lipinski definition) is 2. The number of nitrogens with one attached hydrogen (secondary N) is 1. The topological polar surface area (TPSA) is 107 Å². The number of aromatic amines is 1. The lowest BCUT2D eigenvalue weighted by Gasteiger charge is -2.31. The van der Waals surface area contributed by atoms with Gasteiger partial charge in [0.25, 0.3) is 5.91 Å².